The molecule has 2 heterocycles. The maximum absolute atomic E-state index is 13.0. The van der Waals surface area contributed by atoms with Crippen LogP contribution in [-0.2, 0) is 25.8 Å². The molecule has 0 saturated carbocycles. The largest absolute Gasteiger partial charge is 0.385 e. The van der Waals surface area contributed by atoms with Crippen LogP contribution in [0.3, 0.4) is 0 Å². The molecule has 0 bridgehead atoms. The van der Waals surface area contributed by atoms with Crippen molar-refractivity contribution in [3.8, 4) is 10.6 Å². The Hall–Kier alpha value is -1.29. The molecule has 1 amide bonds. The van der Waals surface area contributed by atoms with Gasteiger partial charge in [-0.1, -0.05) is 28.1 Å². The highest BCUT2D eigenvalue weighted by Gasteiger charge is 2.34. The number of hydrogen-bond donors (Lipinski definition) is 0. The summed E-state index contributed by atoms with van der Waals surface area (Å²) in [6.07, 6.45) is 1.36. The van der Waals surface area contributed by atoms with Gasteiger partial charge in [-0.15, -0.1) is 11.3 Å². The minimum atomic E-state index is -3.06. The van der Waals surface area contributed by atoms with Crippen molar-refractivity contribution in [2.45, 2.75) is 25.3 Å². The number of nitrogens with zero attached hydrogens (tertiary/aromatic N) is 2. The number of benzene rings is 1. The molecule has 6 nitrogen and oxygen atoms in total. The van der Waals surface area contributed by atoms with Gasteiger partial charge in [0.25, 0.3) is 0 Å². The van der Waals surface area contributed by atoms with E-state index in [1.165, 1.54) is 11.3 Å². The minimum Gasteiger partial charge on any atom is -0.385 e. The van der Waals surface area contributed by atoms with E-state index >= 15 is 0 Å². The van der Waals surface area contributed by atoms with Crippen LogP contribution in [0.4, 0.5) is 0 Å². The van der Waals surface area contributed by atoms with Crippen molar-refractivity contribution < 1.29 is 17.9 Å². The number of thiazole rings is 1. The lowest BCUT2D eigenvalue weighted by Gasteiger charge is -2.28. The van der Waals surface area contributed by atoms with Crippen LogP contribution in [0.1, 0.15) is 18.5 Å². The molecule has 9 heteroatoms. The van der Waals surface area contributed by atoms with Crippen LogP contribution in [0.25, 0.3) is 10.6 Å². The van der Waals surface area contributed by atoms with Crippen molar-refractivity contribution in [2.24, 2.45) is 0 Å². The molecule has 0 aliphatic carbocycles. The summed E-state index contributed by atoms with van der Waals surface area (Å²) < 4.78 is 29.8. The number of hydrogen-bond acceptors (Lipinski definition) is 6. The molecule has 1 aliphatic heterocycles. The van der Waals surface area contributed by atoms with E-state index < -0.39 is 9.84 Å². The molecule has 1 unspecified atom stereocenters. The second-order valence-electron chi connectivity index (χ2n) is 6.82. The first-order valence-electron chi connectivity index (χ1n) is 9.07. The first-order valence-corrected chi connectivity index (χ1v) is 12.6. The van der Waals surface area contributed by atoms with Crippen molar-refractivity contribution in [3.63, 3.8) is 0 Å². The van der Waals surface area contributed by atoms with Gasteiger partial charge in [-0.3, -0.25) is 4.79 Å². The molecule has 1 atom stereocenters. The lowest BCUT2D eigenvalue weighted by molar-refractivity contribution is -0.132. The molecule has 1 aromatic carbocycles. The topological polar surface area (TPSA) is 76.6 Å². The van der Waals surface area contributed by atoms with Gasteiger partial charge in [-0.05, 0) is 25.0 Å². The van der Waals surface area contributed by atoms with Gasteiger partial charge >= 0.3 is 0 Å². The summed E-state index contributed by atoms with van der Waals surface area (Å²) in [6.45, 7) is 1.03. The molecular weight excluding hydrogens is 464 g/mol. The first kappa shape index (κ1) is 21.4. The van der Waals surface area contributed by atoms with Gasteiger partial charge in [0.05, 0.1) is 23.6 Å². The van der Waals surface area contributed by atoms with Gasteiger partial charge in [0.2, 0.25) is 5.91 Å². The van der Waals surface area contributed by atoms with Crippen LogP contribution in [0.2, 0.25) is 0 Å². The highest BCUT2D eigenvalue weighted by Crippen LogP contribution is 2.27. The zero-order valence-corrected chi connectivity index (χ0v) is 18.9. The van der Waals surface area contributed by atoms with Gasteiger partial charge in [0, 0.05) is 41.7 Å². The molecule has 1 aliphatic rings. The maximum atomic E-state index is 13.0. The summed E-state index contributed by atoms with van der Waals surface area (Å²) in [7, 11) is -1.44. The number of aromatic nitrogens is 1. The SMILES string of the molecule is COCCCN(C(=O)Cc1csc(-c2cccc(Br)c2)n1)C1CCS(=O)(=O)C1. The third-order valence-corrected chi connectivity index (χ3v) is 7.86. The standard InChI is InChI=1S/C19H23BrN2O4S2/c1-26-8-3-7-22(17-6-9-28(24,25)13-17)18(23)11-16-12-27-19(21-16)14-4-2-5-15(20)10-14/h2,4-5,10,12,17H,3,6-9,11,13H2,1H3. The quantitative estimate of drug-likeness (QED) is 0.535. The first-order chi connectivity index (χ1) is 13.4. The minimum absolute atomic E-state index is 0.0477. The van der Waals surface area contributed by atoms with Crippen molar-refractivity contribution in [2.75, 3.05) is 31.8 Å². The Balaban J connectivity index is 1.71. The van der Waals surface area contributed by atoms with Crippen LogP contribution in [0.15, 0.2) is 34.1 Å². The Kier molecular flexibility index (Phi) is 7.25. The Morgan fingerprint density at radius 2 is 2.25 bits per heavy atom. The van der Waals surface area contributed by atoms with Gasteiger partial charge in [0.1, 0.15) is 5.01 Å². The van der Waals surface area contributed by atoms with E-state index in [1.807, 2.05) is 29.6 Å². The second kappa shape index (κ2) is 9.47. The van der Waals surface area contributed by atoms with Crippen LogP contribution in [-0.4, -0.2) is 62.0 Å². The fourth-order valence-corrected chi connectivity index (χ4v) is 6.26. The third-order valence-electron chi connectivity index (χ3n) is 4.67. The normalized spacial score (nSPS) is 18.3. The van der Waals surface area contributed by atoms with E-state index in [4.69, 9.17) is 4.74 Å². The molecule has 1 saturated heterocycles. The van der Waals surface area contributed by atoms with Crippen LogP contribution >= 0.6 is 27.3 Å². The summed E-state index contributed by atoms with van der Waals surface area (Å²) in [4.78, 5) is 19.3. The highest BCUT2D eigenvalue weighted by molar-refractivity contribution is 9.10. The number of carbonyl (C=O) groups excluding carboxylic acids is 1. The number of sulfone groups is 1. The molecular formula is C19H23BrN2O4S2. The molecule has 2 aromatic rings. The zero-order chi connectivity index (χ0) is 20.1. The maximum Gasteiger partial charge on any atom is 0.228 e. The Labute approximate surface area is 178 Å². The van der Waals surface area contributed by atoms with Crippen molar-refractivity contribution in [3.05, 3.63) is 39.8 Å². The molecule has 28 heavy (non-hydrogen) atoms. The van der Waals surface area contributed by atoms with E-state index in [0.29, 0.717) is 31.7 Å². The van der Waals surface area contributed by atoms with Crippen LogP contribution in [0.5, 0.6) is 0 Å². The lowest BCUT2D eigenvalue weighted by atomic mass is 10.1. The number of ether oxygens (including phenoxy) is 1. The summed E-state index contributed by atoms with van der Waals surface area (Å²) in [6, 6.07) is 7.62. The second-order valence-corrected chi connectivity index (χ2v) is 10.8. The molecule has 0 spiro atoms. The van der Waals surface area contributed by atoms with Crippen molar-refractivity contribution >= 4 is 43.0 Å². The van der Waals surface area contributed by atoms with Crippen LogP contribution < -0.4 is 0 Å². The van der Waals surface area contributed by atoms with E-state index in [9.17, 15) is 13.2 Å². The lowest BCUT2D eigenvalue weighted by Crippen LogP contribution is -2.43. The van der Waals surface area contributed by atoms with Gasteiger partial charge in [-0.25, -0.2) is 13.4 Å². The molecule has 0 N–H and O–H groups in total. The smallest absolute Gasteiger partial charge is 0.228 e. The van der Waals surface area contributed by atoms with Gasteiger partial charge in [-0.2, -0.15) is 0 Å². The number of halogens is 1. The summed E-state index contributed by atoms with van der Waals surface area (Å²) >= 11 is 4.96. The molecule has 152 valence electrons. The Bertz CT molecular complexity index is 930. The molecule has 1 aromatic heterocycles. The van der Waals surface area contributed by atoms with Crippen molar-refractivity contribution in [1.29, 1.82) is 0 Å². The Morgan fingerprint density at radius 1 is 1.43 bits per heavy atom. The number of methoxy groups -OCH3 is 1. The zero-order valence-electron chi connectivity index (χ0n) is 15.6. The van der Waals surface area contributed by atoms with Gasteiger partial charge < -0.3 is 9.64 Å². The fourth-order valence-electron chi connectivity index (χ4n) is 3.31. The number of amides is 1. The monoisotopic (exact) mass is 486 g/mol. The molecule has 0 radical (unpaired) electrons. The van der Waals surface area contributed by atoms with Crippen LogP contribution in [0, 0.1) is 0 Å². The summed E-state index contributed by atoms with van der Waals surface area (Å²) in [5.74, 6) is 0.117. The van der Waals surface area contributed by atoms with Gasteiger partial charge in [0.15, 0.2) is 9.84 Å². The predicted molar refractivity (Wildman–Crippen MR) is 114 cm³/mol. The molecule has 3 rings (SSSR count). The van der Waals surface area contributed by atoms with E-state index in [1.54, 1.807) is 12.0 Å². The van der Waals surface area contributed by atoms with E-state index in [-0.39, 0.29) is 29.9 Å². The predicted octanol–water partition coefficient (Wildman–Crippen LogP) is 3.17. The number of rotatable bonds is 8. The van der Waals surface area contributed by atoms with E-state index in [2.05, 4.69) is 20.9 Å². The highest BCUT2D eigenvalue weighted by atomic mass is 79.9. The average molecular weight is 487 g/mol. The number of carbonyl (C=O) groups is 1. The summed E-state index contributed by atoms with van der Waals surface area (Å²) in [5.41, 5.74) is 1.71. The fraction of sp³-hybridized carbons (Fsp3) is 0.474. The average Bonchev–Trinajstić information content (AvgIpc) is 3.25. The third kappa shape index (κ3) is 5.62. The molecule has 1 fully saturated rings. The Morgan fingerprint density at radius 3 is 2.93 bits per heavy atom. The van der Waals surface area contributed by atoms with Crippen molar-refractivity contribution in [1.82, 2.24) is 9.88 Å². The van der Waals surface area contributed by atoms with E-state index in [0.717, 1.165) is 15.0 Å². The summed E-state index contributed by atoms with van der Waals surface area (Å²) in [5, 5.41) is 2.76.